The van der Waals surface area contributed by atoms with E-state index in [0.717, 1.165) is 11.1 Å². The predicted molar refractivity (Wildman–Crippen MR) is 58.2 cm³/mol. The molecule has 1 N–H and O–H groups in total. The average Bonchev–Trinajstić information content (AvgIpc) is 2.21. The van der Waals surface area contributed by atoms with Crippen LogP contribution in [0.1, 0.15) is 16.7 Å². The molecule has 0 aromatic heterocycles. The second kappa shape index (κ2) is 4.94. The van der Waals surface area contributed by atoms with Gasteiger partial charge in [-0.3, -0.25) is 4.79 Å². The second-order valence-electron chi connectivity index (χ2n) is 3.69. The topological polar surface area (TPSA) is 46.5 Å². The Hall–Kier alpha value is -1.35. The molecule has 0 aliphatic rings. The van der Waals surface area contributed by atoms with Gasteiger partial charge in [0.2, 0.25) is 0 Å². The number of aliphatic hydroxyl groups is 1. The van der Waals surface area contributed by atoms with Gasteiger partial charge < -0.3 is 9.84 Å². The van der Waals surface area contributed by atoms with Crippen LogP contribution in [0.2, 0.25) is 0 Å². The van der Waals surface area contributed by atoms with Crippen molar-refractivity contribution in [3.8, 4) is 5.75 Å². The van der Waals surface area contributed by atoms with E-state index in [9.17, 15) is 4.79 Å². The molecule has 0 radical (unpaired) electrons. The minimum atomic E-state index is -0.468. The standard InChI is InChI=1S/C12H16O3/c1-8-4-10(3)12(5-9(8)2)15-7-11(14)6-13/h4-5,13H,6-7H2,1-3H3. The van der Waals surface area contributed by atoms with Crippen molar-refractivity contribution in [1.29, 1.82) is 0 Å². The van der Waals surface area contributed by atoms with E-state index in [1.807, 2.05) is 32.9 Å². The van der Waals surface area contributed by atoms with E-state index < -0.39 is 6.61 Å². The van der Waals surface area contributed by atoms with Gasteiger partial charge in [0, 0.05) is 0 Å². The fourth-order valence-corrected chi connectivity index (χ4v) is 1.29. The maximum absolute atomic E-state index is 10.9. The van der Waals surface area contributed by atoms with Crippen molar-refractivity contribution < 1.29 is 14.6 Å². The molecule has 82 valence electrons. The summed E-state index contributed by atoms with van der Waals surface area (Å²) in [4.78, 5) is 10.9. The Morgan fingerprint density at radius 3 is 2.40 bits per heavy atom. The van der Waals surface area contributed by atoms with Crippen LogP contribution < -0.4 is 4.74 Å². The lowest BCUT2D eigenvalue weighted by Crippen LogP contribution is -2.15. The lowest BCUT2D eigenvalue weighted by Gasteiger charge is -2.10. The van der Waals surface area contributed by atoms with Gasteiger partial charge in [0.25, 0.3) is 0 Å². The molecule has 0 fully saturated rings. The molecule has 15 heavy (non-hydrogen) atoms. The van der Waals surface area contributed by atoms with E-state index >= 15 is 0 Å². The van der Waals surface area contributed by atoms with Crippen molar-refractivity contribution >= 4 is 5.78 Å². The van der Waals surface area contributed by atoms with Gasteiger partial charge in [0.05, 0.1) is 0 Å². The van der Waals surface area contributed by atoms with E-state index in [-0.39, 0.29) is 12.4 Å². The number of benzene rings is 1. The van der Waals surface area contributed by atoms with Crippen molar-refractivity contribution in [2.75, 3.05) is 13.2 Å². The highest BCUT2D eigenvalue weighted by molar-refractivity contribution is 5.80. The Balaban J connectivity index is 2.77. The molecule has 0 aliphatic carbocycles. The molecule has 0 amide bonds. The molecule has 0 unspecified atom stereocenters. The molecule has 0 heterocycles. The molecule has 0 saturated carbocycles. The minimum Gasteiger partial charge on any atom is -0.485 e. The molecule has 0 aliphatic heterocycles. The fraction of sp³-hybridized carbons (Fsp3) is 0.417. The van der Waals surface area contributed by atoms with Gasteiger partial charge in [0.1, 0.15) is 19.0 Å². The monoisotopic (exact) mass is 208 g/mol. The predicted octanol–water partition coefficient (Wildman–Crippen LogP) is 1.55. The molecule has 0 spiro atoms. The Labute approximate surface area is 89.7 Å². The van der Waals surface area contributed by atoms with Crippen LogP contribution in [0.25, 0.3) is 0 Å². The van der Waals surface area contributed by atoms with Gasteiger partial charge in [-0.2, -0.15) is 0 Å². The molecule has 0 atom stereocenters. The maximum atomic E-state index is 10.9. The van der Waals surface area contributed by atoms with Crippen molar-refractivity contribution in [2.45, 2.75) is 20.8 Å². The van der Waals surface area contributed by atoms with Gasteiger partial charge in [-0.1, -0.05) is 6.07 Å². The number of carbonyl (C=O) groups is 1. The fourth-order valence-electron chi connectivity index (χ4n) is 1.29. The van der Waals surface area contributed by atoms with Crippen LogP contribution in [0.5, 0.6) is 5.75 Å². The first-order valence-corrected chi connectivity index (χ1v) is 4.87. The number of aliphatic hydroxyl groups excluding tert-OH is 1. The average molecular weight is 208 g/mol. The van der Waals surface area contributed by atoms with Gasteiger partial charge in [-0.05, 0) is 43.5 Å². The second-order valence-corrected chi connectivity index (χ2v) is 3.69. The highest BCUT2D eigenvalue weighted by Crippen LogP contribution is 2.22. The van der Waals surface area contributed by atoms with Crippen LogP contribution in [-0.2, 0) is 4.79 Å². The Morgan fingerprint density at radius 2 is 1.80 bits per heavy atom. The van der Waals surface area contributed by atoms with Gasteiger partial charge in [-0.25, -0.2) is 0 Å². The quantitative estimate of drug-likeness (QED) is 0.816. The molecule has 3 heteroatoms. The van der Waals surface area contributed by atoms with Crippen LogP contribution in [0.4, 0.5) is 0 Å². The van der Waals surface area contributed by atoms with Gasteiger partial charge >= 0.3 is 0 Å². The molecular formula is C12H16O3. The minimum absolute atomic E-state index is 0.0696. The number of ether oxygens (including phenoxy) is 1. The molecule has 1 rings (SSSR count). The highest BCUT2D eigenvalue weighted by Gasteiger charge is 2.05. The van der Waals surface area contributed by atoms with Crippen molar-refractivity contribution in [3.63, 3.8) is 0 Å². The van der Waals surface area contributed by atoms with E-state index in [4.69, 9.17) is 9.84 Å². The number of hydrogen-bond acceptors (Lipinski definition) is 3. The Kier molecular flexibility index (Phi) is 3.86. The smallest absolute Gasteiger partial charge is 0.195 e. The van der Waals surface area contributed by atoms with Crippen molar-refractivity contribution in [3.05, 3.63) is 28.8 Å². The third-order valence-electron chi connectivity index (χ3n) is 2.36. The number of rotatable bonds is 4. The number of Topliss-reactive ketones (excluding diaryl/α,β-unsaturated/α-hetero) is 1. The molecule has 0 saturated heterocycles. The summed E-state index contributed by atoms with van der Waals surface area (Å²) < 4.78 is 5.32. The normalized spacial score (nSPS) is 10.1. The molecule has 1 aromatic carbocycles. The molecule has 1 aromatic rings. The van der Waals surface area contributed by atoms with E-state index in [2.05, 4.69) is 0 Å². The zero-order valence-electron chi connectivity index (χ0n) is 9.33. The first-order chi connectivity index (χ1) is 7.04. The van der Waals surface area contributed by atoms with E-state index in [0.29, 0.717) is 5.75 Å². The summed E-state index contributed by atoms with van der Waals surface area (Å²) in [6, 6.07) is 3.93. The van der Waals surface area contributed by atoms with Crippen LogP contribution >= 0.6 is 0 Å². The van der Waals surface area contributed by atoms with Crippen LogP contribution in [0.3, 0.4) is 0 Å². The van der Waals surface area contributed by atoms with E-state index in [1.165, 1.54) is 5.56 Å². The van der Waals surface area contributed by atoms with Gasteiger partial charge in [-0.15, -0.1) is 0 Å². The third kappa shape index (κ3) is 3.06. The summed E-state index contributed by atoms with van der Waals surface area (Å²) in [7, 11) is 0. The Bertz CT molecular complexity index is 369. The third-order valence-corrected chi connectivity index (χ3v) is 2.36. The number of ketones is 1. The summed E-state index contributed by atoms with van der Waals surface area (Å²) in [5.74, 6) is 0.396. The first kappa shape index (κ1) is 11.7. The summed E-state index contributed by atoms with van der Waals surface area (Å²) in [5, 5.41) is 8.55. The summed E-state index contributed by atoms with van der Waals surface area (Å²) in [6.07, 6.45) is 0. The summed E-state index contributed by atoms with van der Waals surface area (Å²) in [6.45, 7) is 5.43. The van der Waals surface area contributed by atoms with Crippen LogP contribution in [0, 0.1) is 20.8 Å². The highest BCUT2D eigenvalue weighted by atomic mass is 16.5. The Morgan fingerprint density at radius 1 is 1.20 bits per heavy atom. The maximum Gasteiger partial charge on any atom is 0.195 e. The first-order valence-electron chi connectivity index (χ1n) is 4.87. The van der Waals surface area contributed by atoms with E-state index in [1.54, 1.807) is 0 Å². The SMILES string of the molecule is Cc1cc(C)c(OCC(=O)CO)cc1C. The van der Waals surface area contributed by atoms with Crippen LogP contribution in [-0.4, -0.2) is 24.1 Å². The van der Waals surface area contributed by atoms with Crippen molar-refractivity contribution in [1.82, 2.24) is 0 Å². The zero-order valence-corrected chi connectivity index (χ0v) is 9.33. The zero-order chi connectivity index (χ0) is 11.4. The van der Waals surface area contributed by atoms with Gasteiger partial charge in [0.15, 0.2) is 5.78 Å². The molecular weight excluding hydrogens is 192 g/mol. The summed E-state index contributed by atoms with van der Waals surface area (Å²) in [5.41, 5.74) is 3.34. The number of aryl methyl sites for hydroxylation is 3. The lowest BCUT2D eigenvalue weighted by atomic mass is 10.1. The largest absolute Gasteiger partial charge is 0.485 e. The lowest BCUT2D eigenvalue weighted by molar-refractivity contribution is -0.123. The molecule has 3 nitrogen and oxygen atoms in total. The molecule has 0 bridgehead atoms. The number of carbonyl (C=O) groups excluding carboxylic acids is 1. The van der Waals surface area contributed by atoms with Crippen LogP contribution in [0.15, 0.2) is 12.1 Å². The van der Waals surface area contributed by atoms with Crippen molar-refractivity contribution in [2.24, 2.45) is 0 Å². The number of hydrogen-bond donors (Lipinski definition) is 1. The summed E-state index contributed by atoms with van der Waals surface area (Å²) >= 11 is 0.